The lowest BCUT2D eigenvalue weighted by Crippen LogP contribution is -2.41. The van der Waals surface area contributed by atoms with Gasteiger partial charge in [-0.3, -0.25) is 9.59 Å². The second-order valence-corrected chi connectivity index (χ2v) is 9.17. The van der Waals surface area contributed by atoms with Crippen LogP contribution in [0.2, 0.25) is 0 Å². The summed E-state index contributed by atoms with van der Waals surface area (Å²) < 4.78 is 8.13. The highest BCUT2D eigenvalue weighted by Crippen LogP contribution is 2.49. The van der Waals surface area contributed by atoms with E-state index in [1.165, 1.54) is 32.8 Å². The maximum Gasteiger partial charge on any atom is 0.316 e. The standard InChI is InChI=1S/C15H15N4O3PS/c20-14-15(21)19(3-2-18(14)4-5-23-6-7-23)10-11-9-12(22-17-11)13-16-1-8-24-13/h1-3,8-9H,4-7,10H2. The Morgan fingerprint density at radius 2 is 2.00 bits per heavy atom. The van der Waals surface area contributed by atoms with Gasteiger partial charge < -0.3 is 13.7 Å². The quantitative estimate of drug-likeness (QED) is 0.492. The van der Waals surface area contributed by atoms with Crippen molar-refractivity contribution in [1.82, 2.24) is 19.3 Å². The molecule has 0 atom stereocenters. The van der Waals surface area contributed by atoms with Crippen molar-refractivity contribution in [2.45, 2.75) is 13.1 Å². The van der Waals surface area contributed by atoms with E-state index in [9.17, 15) is 9.59 Å². The van der Waals surface area contributed by atoms with Gasteiger partial charge in [0.1, 0.15) is 5.69 Å². The molecule has 1 aliphatic heterocycles. The van der Waals surface area contributed by atoms with Crippen molar-refractivity contribution in [3.05, 3.63) is 56.4 Å². The van der Waals surface area contributed by atoms with Crippen molar-refractivity contribution in [3.63, 3.8) is 0 Å². The monoisotopic (exact) mass is 362 g/mol. The molecule has 1 aliphatic rings. The van der Waals surface area contributed by atoms with E-state index in [1.54, 1.807) is 24.7 Å². The summed E-state index contributed by atoms with van der Waals surface area (Å²) in [7, 11) is 0.145. The Kier molecular flexibility index (Phi) is 4.16. The number of aryl methyl sites for hydroxylation is 1. The zero-order valence-corrected chi connectivity index (χ0v) is 14.5. The van der Waals surface area contributed by atoms with Crippen LogP contribution in [0.1, 0.15) is 5.69 Å². The number of aromatic nitrogens is 4. The average molecular weight is 362 g/mol. The van der Waals surface area contributed by atoms with E-state index in [4.69, 9.17) is 4.52 Å². The van der Waals surface area contributed by atoms with Crippen LogP contribution < -0.4 is 11.1 Å². The SMILES string of the molecule is O=c1c(=O)n(Cc2cc(-c3nccs3)on2)ccn1CCP1CC1. The van der Waals surface area contributed by atoms with Crippen LogP contribution in [0.3, 0.4) is 0 Å². The summed E-state index contributed by atoms with van der Waals surface area (Å²) >= 11 is 1.45. The first-order valence-corrected chi connectivity index (χ1v) is 10.4. The number of hydrogen-bond acceptors (Lipinski definition) is 6. The molecule has 0 N–H and O–H groups in total. The third kappa shape index (κ3) is 3.25. The summed E-state index contributed by atoms with van der Waals surface area (Å²) in [4.78, 5) is 28.6. The van der Waals surface area contributed by atoms with Crippen LogP contribution in [-0.4, -0.2) is 37.8 Å². The second kappa shape index (κ2) is 6.45. The topological polar surface area (TPSA) is 82.9 Å². The van der Waals surface area contributed by atoms with Crippen molar-refractivity contribution < 1.29 is 4.52 Å². The normalized spacial score (nSPS) is 14.2. The fourth-order valence-electron chi connectivity index (χ4n) is 2.39. The first-order chi connectivity index (χ1) is 11.7. The van der Waals surface area contributed by atoms with Gasteiger partial charge in [-0.25, -0.2) is 4.98 Å². The highest BCUT2D eigenvalue weighted by molar-refractivity contribution is 7.65. The van der Waals surface area contributed by atoms with Crippen molar-refractivity contribution in [2.24, 2.45) is 0 Å². The van der Waals surface area contributed by atoms with Crippen LogP contribution in [0.15, 0.2) is 44.1 Å². The van der Waals surface area contributed by atoms with Crippen molar-refractivity contribution in [2.75, 3.05) is 18.5 Å². The molecule has 9 heteroatoms. The van der Waals surface area contributed by atoms with Crippen LogP contribution in [0.4, 0.5) is 0 Å². The minimum Gasteiger partial charge on any atom is -0.353 e. The molecule has 0 bridgehead atoms. The van der Waals surface area contributed by atoms with E-state index in [0.29, 0.717) is 18.0 Å². The van der Waals surface area contributed by atoms with E-state index < -0.39 is 11.1 Å². The summed E-state index contributed by atoms with van der Waals surface area (Å²) in [6, 6.07) is 1.74. The van der Waals surface area contributed by atoms with Gasteiger partial charge in [0, 0.05) is 36.6 Å². The fourth-order valence-corrected chi connectivity index (χ4v) is 4.49. The van der Waals surface area contributed by atoms with E-state index in [2.05, 4.69) is 10.1 Å². The molecule has 1 saturated heterocycles. The van der Waals surface area contributed by atoms with Crippen LogP contribution in [0.25, 0.3) is 10.8 Å². The van der Waals surface area contributed by atoms with E-state index in [-0.39, 0.29) is 14.5 Å². The molecule has 0 spiro atoms. The van der Waals surface area contributed by atoms with Gasteiger partial charge in [0.2, 0.25) is 0 Å². The molecule has 24 heavy (non-hydrogen) atoms. The van der Waals surface area contributed by atoms with Gasteiger partial charge in [0.15, 0.2) is 10.8 Å². The lowest BCUT2D eigenvalue weighted by Gasteiger charge is -2.07. The number of thiazole rings is 1. The Hall–Kier alpha value is -2.05. The lowest BCUT2D eigenvalue weighted by molar-refractivity contribution is 0.420. The molecule has 0 aliphatic carbocycles. The van der Waals surface area contributed by atoms with Gasteiger partial charge in [-0.1, -0.05) is 5.16 Å². The fraction of sp³-hybridized carbons (Fsp3) is 0.333. The van der Waals surface area contributed by atoms with E-state index in [0.717, 1.165) is 11.2 Å². The first-order valence-electron chi connectivity index (χ1n) is 7.58. The molecule has 0 saturated carbocycles. The molecule has 124 valence electrons. The third-order valence-electron chi connectivity index (χ3n) is 3.86. The molecule has 4 rings (SSSR count). The number of rotatable bonds is 6. The maximum atomic E-state index is 12.3. The molecule has 3 aromatic rings. The van der Waals surface area contributed by atoms with Gasteiger partial charge in [0.05, 0.1) is 6.54 Å². The van der Waals surface area contributed by atoms with Crippen LogP contribution in [0, 0.1) is 0 Å². The van der Waals surface area contributed by atoms with Gasteiger partial charge in [-0.2, -0.15) is 0 Å². The molecule has 0 unspecified atom stereocenters. The van der Waals surface area contributed by atoms with Crippen molar-refractivity contribution in [1.29, 1.82) is 0 Å². The molecule has 4 heterocycles. The van der Waals surface area contributed by atoms with Gasteiger partial charge in [-0.15, -0.1) is 19.3 Å². The zero-order chi connectivity index (χ0) is 16.5. The molecule has 7 nitrogen and oxygen atoms in total. The van der Waals surface area contributed by atoms with Gasteiger partial charge >= 0.3 is 11.1 Å². The average Bonchev–Trinajstić information content (AvgIpc) is 3.06. The van der Waals surface area contributed by atoms with E-state index >= 15 is 0 Å². The Morgan fingerprint density at radius 3 is 2.75 bits per heavy atom. The molecule has 0 amide bonds. The molecular weight excluding hydrogens is 347 g/mol. The van der Waals surface area contributed by atoms with Crippen molar-refractivity contribution >= 4 is 19.3 Å². The molecule has 1 fully saturated rings. The zero-order valence-electron chi connectivity index (χ0n) is 12.8. The summed E-state index contributed by atoms with van der Waals surface area (Å²) in [5.74, 6) is 0.563. The maximum absolute atomic E-state index is 12.3. The number of hydrogen-bond donors (Lipinski definition) is 0. The summed E-state index contributed by atoms with van der Waals surface area (Å²) in [5, 5.41) is 6.54. The predicted octanol–water partition coefficient (Wildman–Crippen LogP) is 1.67. The number of nitrogens with zero attached hydrogens (tertiary/aromatic N) is 4. The Bertz CT molecular complexity index is 956. The van der Waals surface area contributed by atoms with Crippen LogP contribution in [0.5, 0.6) is 0 Å². The molecular formula is C15H15N4O3PS. The minimum atomic E-state index is -0.528. The predicted molar refractivity (Wildman–Crippen MR) is 93.2 cm³/mol. The molecule has 0 aromatic carbocycles. The highest BCUT2D eigenvalue weighted by Gasteiger charge is 2.20. The smallest absolute Gasteiger partial charge is 0.316 e. The minimum absolute atomic E-state index is 0.145. The molecule has 0 radical (unpaired) electrons. The lowest BCUT2D eigenvalue weighted by atomic mass is 10.3. The Morgan fingerprint density at radius 1 is 1.21 bits per heavy atom. The largest absolute Gasteiger partial charge is 0.353 e. The highest BCUT2D eigenvalue weighted by atomic mass is 32.1. The Labute approximate surface area is 142 Å². The van der Waals surface area contributed by atoms with Gasteiger partial charge in [-0.05, 0) is 18.5 Å². The molecule has 3 aromatic heterocycles. The summed E-state index contributed by atoms with van der Waals surface area (Å²) in [5.41, 5.74) is -0.418. The third-order valence-corrected chi connectivity index (χ3v) is 6.56. The van der Waals surface area contributed by atoms with Crippen molar-refractivity contribution in [3.8, 4) is 10.8 Å². The Balaban J connectivity index is 1.53. The van der Waals surface area contributed by atoms with Crippen LogP contribution >= 0.6 is 19.3 Å². The first kappa shape index (κ1) is 15.5. The second-order valence-electron chi connectivity index (χ2n) is 5.59. The van der Waals surface area contributed by atoms with E-state index in [1.807, 2.05) is 5.38 Å². The summed E-state index contributed by atoms with van der Waals surface area (Å²) in [6.07, 6.45) is 8.64. The van der Waals surface area contributed by atoms with Crippen LogP contribution in [-0.2, 0) is 13.1 Å². The van der Waals surface area contributed by atoms with Gasteiger partial charge in [0.25, 0.3) is 0 Å². The summed E-state index contributed by atoms with van der Waals surface area (Å²) in [6.45, 7) is 0.843.